The molecule has 0 N–H and O–H groups in total. The Labute approximate surface area is 187 Å². The Hall–Kier alpha value is -3.19. The number of benzene rings is 2. The van der Waals surface area contributed by atoms with E-state index in [2.05, 4.69) is 0 Å². The number of hydrogen-bond acceptors (Lipinski definition) is 5. The molecule has 32 heavy (non-hydrogen) atoms. The van der Waals surface area contributed by atoms with Crippen LogP contribution in [-0.4, -0.2) is 66.7 Å². The van der Waals surface area contributed by atoms with Crippen LogP contribution in [0.15, 0.2) is 60.7 Å². The molecule has 168 valence electrons. The lowest BCUT2D eigenvalue weighted by molar-refractivity contribution is -0.142. The molecular formula is C25H28N2O5. The van der Waals surface area contributed by atoms with E-state index in [1.807, 2.05) is 60.7 Å². The third-order valence-electron chi connectivity index (χ3n) is 5.97. The van der Waals surface area contributed by atoms with Gasteiger partial charge in [-0.3, -0.25) is 9.59 Å². The monoisotopic (exact) mass is 436 g/mol. The summed E-state index contributed by atoms with van der Waals surface area (Å²) in [6.45, 7) is 2.21. The number of cyclic esters (lactones) is 1. The van der Waals surface area contributed by atoms with Gasteiger partial charge >= 0.3 is 6.09 Å². The van der Waals surface area contributed by atoms with Crippen molar-refractivity contribution >= 4 is 17.9 Å². The van der Waals surface area contributed by atoms with Gasteiger partial charge in [0.05, 0.1) is 25.2 Å². The first kappa shape index (κ1) is 22.0. The van der Waals surface area contributed by atoms with Crippen molar-refractivity contribution < 1.29 is 23.9 Å². The number of rotatable bonds is 7. The fraction of sp³-hybridized carbons (Fsp3) is 0.400. The molecule has 2 aromatic carbocycles. The fourth-order valence-electron chi connectivity index (χ4n) is 4.26. The van der Waals surface area contributed by atoms with E-state index in [0.717, 1.165) is 11.1 Å². The Morgan fingerprint density at radius 1 is 0.938 bits per heavy atom. The molecule has 2 aliphatic rings. The predicted octanol–water partition coefficient (Wildman–Crippen LogP) is 2.68. The summed E-state index contributed by atoms with van der Waals surface area (Å²) in [5.41, 5.74) is 1.98. The van der Waals surface area contributed by atoms with E-state index in [1.165, 1.54) is 4.90 Å². The lowest BCUT2D eigenvalue weighted by Crippen LogP contribution is -2.47. The maximum absolute atomic E-state index is 13.6. The van der Waals surface area contributed by atoms with Crippen LogP contribution < -0.4 is 0 Å². The van der Waals surface area contributed by atoms with E-state index in [-0.39, 0.29) is 30.9 Å². The van der Waals surface area contributed by atoms with Gasteiger partial charge in [0.15, 0.2) is 0 Å². The van der Waals surface area contributed by atoms with Crippen molar-refractivity contribution in [2.24, 2.45) is 5.92 Å². The van der Waals surface area contributed by atoms with Gasteiger partial charge in [0.1, 0.15) is 6.61 Å². The average molecular weight is 437 g/mol. The molecule has 2 heterocycles. The third-order valence-corrected chi connectivity index (χ3v) is 5.97. The summed E-state index contributed by atoms with van der Waals surface area (Å²) < 4.78 is 10.6. The minimum atomic E-state index is -0.642. The summed E-state index contributed by atoms with van der Waals surface area (Å²) in [7, 11) is 0. The summed E-state index contributed by atoms with van der Waals surface area (Å²) in [5.74, 6) is -1.08. The van der Waals surface area contributed by atoms with E-state index in [0.29, 0.717) is 39.1 Å². The van der Waals surface area contributed by atoms with Crippen LogP contribution in [0.3, 0.4) is 0 Å². The Morgan fingerprint density at radius 3 is 2.22 bits per heavy atom. The van der Waals surface area contributed by atoms with Crippen LogP contribution >= 0.6 is 0 Å². The molecule has 7 heteroatoms. The highest BCUT2D eigenvalue weighted by atomic mass is 16.6. The second-order valence-electron chi connectivity index (χ2n) is 8.21. The minimum absolute atomic E-state index is 0.0512. The molecule has 0 radical (unpaired) electrons. The van der Waals surface area contributed by atoms with Gasteiger partial charge in [0.2, 0.25) is 11.8 Å². The second kappa shape index (κ2) is 10.4. The van der Waals surface area contributed by atoms with Crippen molar-refractivity contribution in [2.75, 3.05) is 32.9 Å². The molecule has 0 bridgehead atoms. The SMILES string of the molecule is O=C(CC(Cc1ccccc1)C(=O)N1C(=O)OC[C@@H]1Cc1ccccc1)N1CCOCC1. The fourth-order valence-corrected chi connectivity index (χ4v) is 4.26. The lowest BCUT2D eigenvalue weighted by Gasteiger charge is -2.30. The van der Waals surface area contributed by atoms with Crippen molar-refractivity contribution in [3.63, 3.8) is 0 Å². The van der Waals surface area contributed by atoms with Crippen molar-refractivity contribution in [2.45, 2.75) is 25.3 Å². The van der Waals surface area contributed by atoms with Crippen LogP contribution in [0, 0.1) is 5.92 Å². The van der Waals surface area contributed by atoms with Gasteiger partial charge in [-0.05, 0) is 24.0 Å². The zero-order chi connectivity index (χ0) is 22.3. The molecule has 3 amide bonds. The van der Waals surface area contributed by atoms with Crippen LogP contribution in [0.1, 0.15) is 17.5 Å². The number of carbonyl (C=O) groups excluding carboxylic acids is 3. The maximum Gasteiger partial charge on any atom is 0.416 e. The first-order valence-corrected chi connectivity index (χ1v) is 11.0. The topological polar surface area (TPSA) is 76.2 Å². The van der Waals surface area contributed by atoms with E-state index < -0.39 is 12.0 Å². The van der Waals surface area contributed by atoms with Gasteiger partial charge in [-0.25, -0.2) is 9.69 Å². The molecule has 2 aromatic rings. The molecule has 0 aromatic heterocycles. The van der Waals surface area contributed by atoms with Gasteiger partial charge in [-0.15, -0.1) is 0 Å². The third kappa shape index (κ3) is 5.34. The molecule has 2 fully saturated rings. The van der Waals surface area contributed by atoms with Crippen LogP contribution in [0.2, 0.25) is 0 Å². The molecule has 2 aliphatic heterocycles. The summed E-state index contributed by atoms with van der Waals surface area (Å²) in [6, 6.07) is 18.9. The minimum Gasteiger partial charge on any atom is -0.447 e. The van der Waals surface area contributed by atoms with Gasteiger partial charge in [-0.1, -0.05) is 60.7 Å². The van der Waals surface area contributed by atoms with E-state index >= 15 is 0 Å². The number of morpholine rings is 1. The number of nitrogens with zero attached hydrogens (tertiary/aromatic N) is 2. The highest BCUT2D eigenvalue weighted by Gasteiger charge is 2.41. The van der Waals surface area contributed by atoms with Crippen molar-refractivity contribution in [1.29, 1.82) is 0 Å². The van der Waals surface area contributed by atoms with Crippen LogP contribution in [-0.2, 0) is 31.9 Å². The summed E-state index contributed by atoms with van der Waals surface area (Å²) in [5, 5.41) is 0. The zero-order valence-corrected chi connectivity index (χ0v) is 18.0. The first-order chi connectivity index (χ1) is 15.6. The zero-order valence-electron chi connectivity index (χ0n) is 18.0. The van der Waals surface area contributed by atoms with Crippen molar-refractivity contribution in [3.8, 4) is 0 Å². The second-order valence-corrected chi connectivity index (χ2v) is 8.21. The molecule has 2 saturated heterocycles. The molecule has 0 saturated carbocycles. The molecular weight excluding hydrogens is 408 g/mol. The van der Waals surface area contributed by atoms with Gasteiger partial charge in [0.25, 0.3) is 0 Å². The molecule has 0 spiro atoms. The highest BCUT2D eigenvalue weighted by molar-refractivity contribution is 5.96. The molecule has 0 aliphatic carbocycles. The Kier molecular flexibility index (Phi) is 7.17. The largest absolute Gasteiger partial charge is 0.447 e. The predicted molar refractivity (Wildman–Crippen MR) is 118 cm³/mol. The highest BCUT2D eigenvalue weighted by Crippen LogP contribution is 2.24. The lowest BCUT2D eigenvalue weighted by atomic mass is 9.93. The number of carbonyl (C=O) groups is 3. The van der Waals surface area contributed by atoms with Gasteiger partial charge in [0, 0.05) is 19.5 Å². The molecule has 2 atom stereocenters. The Balaban J connectivity index is 1.53. The number of amides is 3. The summed E-state index contributed by atoms with van der Waals surface area (Å²) in [6.07, 6.45) is 0.328. The smallest absolute Gasteiger partial charge is 0.416 e. The maximum atomic E-state index is 13.6. The molecule has 4 rings (SSSR count). The standard InChI is InChI=1S/C25H28N2O5/c28-23(26-11-13-31-14-12-26)17-21(15-19-7-3-1-4-8-19)24(29)27-22(18-32-25(27)30)16-20-9-5-2-6-10-20/h1-10,21-22H,11-18H2/t21?,22-/m0/s1. The molecule has 1 unspecified atom stereocenters. The Morgan fingerprint density at radius 2 is 1.56 bits per heavy atom. The number of ether oxygens (including phenoxy) is 2. The van der Waals surface area contributed by atoms with E-state index in [9.17, 15) is 14.4 Å². The van der Waals surface area contributed by atoms with Crippen molar-refractivity contribution in [1.82, 2.24) is 9.80 Å². The van der Waals surface area contributed by atoms with Crippen LogP contribution in [0.5, 0.6) is 0 Å². The van der Waals surface area contributed by atoms with Crippen molar-refractivity contribution in [3.05, 3.63) is 71.8 Å². The van der Waals surface area contributed by atoms with E-state index in [1.54, 1.807) is 4.90 Å². The van der Waals surface area contributed by atoms with Gasteiger partial charge in [-0.2, -0.15) is 0 Å². The normalized spacial score (nSPS) is 19.5. The molecule has 7 nitrogen and oxygen atoms in total. The number of hydrogen-bond donors (Lipinski definition) is 0. The Bertz CT molecular complexity index is 928. The summed E-state index contributed by atoms with van der Waals surface area (Å²) >= 11 is 0. The first-order valence-electron chi connectivity index (χ1n) is 11.0. The average Bonchev–Trinajstić information content (AvgIpc) is 3.19. The van der Waals surface area contributed by atoms with E-state index in [4.69, 9.17) is 9.47 Å². The van der Waals surface area contributed by atoms with Gasteiger partial charge < -0.3 is 14.4 Å². The number of imide groups is 1. The van der Waals surface area contributed by atoms with Crippen LogP contribution in [0.4, 0.5) is 4.79 Å². The van der Waals surface area contributed by atoms with Crippen LogP contribution in [0.25, 0.3) is 0 Å². The quantitative estimate of drug-likeness (QED) is 0.667. The summed E-state index contributed by atoms with van der Waals surface area (Å²) in [4.78, 5) is 42.1.